The number of imidazole rings is 2. The third kappa shape index (κ3) is 3.13. The van der Waals surface area contributed by atoms with Crippen molar-refractivity contribution in [2.45, 2.75) is 37.8 Å². The van der Waals surface area contributed by atoms with E-state index in [0.717, 1.165) is 35.5 Å². The molecule has 4 aromatic rings. The van der Waals surface area contributed by atoms with Gasteiger partial charge >= 0.3 is 0 Å². The van der Waals surface area contributed by atoms with E-state index in [-0.39, 0.29) is 6.04 Å². The van der Waals surface area contributed by atoms with Gasteiger partial charge in [-0.25, -0.2) is 9.97 Å². The van der Waals surface area contributed by atoms with Gasteiger partial charge in [-0.3, -0.25) is 10.3 Å². The molecule has 0 saturated heterocycles. The van der Waals surface area contributed by atoms with E-state index in [9.17, 15) is 0 Å². The molecule has 0 bridgehead atoms. The van der Waals surface area contributed by atoms with Crippen LogP contribution in [0.5, 0.6) is 0 Å². The van der Waals surface area contributed by atoms with Crippen LogP contribution in [0.4, 0.5) is 0 Å². The number of rotatable bonds is 5. The third-order valence-corrected chi connectivity index (χ3v) is 5.38. The molecule has 5 rings (SSSR count). The molecule has 27 heavy (non-hydrogen) atoms. The van der Waals surface area contributed by atoms with Gasteiger partial charge in [0.25, 0.3) is 0 Å². The molecular formula is C21H22N6. The molecule has 2 unspecified atom stereocenters. The van der Waals surface area contributed by atoms with Crippen LogP contribution in [-0.2, 0) is 13.0 Å². The molecule has 136 valence electrons. The summed E-state index contributed by atoms with van der Waals surface area (Å²) in [6, 6.07) is 12.4. The van der Waals surface area contributed by atoms with Crippen LogP contribution in [0.2, 0.25) is 0 Å². The lowest BCUT2D eigenvalue weighted by atomic mass is 9.81. The number of fused-ring (bicyclic) bond motifs is 2. The SMILES string of the molecule is c1cnc2c(c1)CCCC2C(NCc1nc2ccccc2[nH]1)c1ncc[nH]1. The molecule has 1 aliphatic carbocycles. The van der Waals surface area contributed by atoms with E-state index in [1.165, 1.54) is 17.7 Å². The quantitative estimate of drug-likeness (QED) is 0.509. The summed E-state index contributed by atoms with van der Waals surface area (Å²) in [6.45, 7) is 0.652. The summed E-state index contributed by atoms with van der Waals surface area (Å²) in [5, 5.41) is 3.68. The number of aromatic amines is 2. The molecule has 0 saturated carbocycles. The number of para-hydroxylation sites is 2. The first-order valence-electron chi connectivity index (χ1n) is 9.48. The standard InChI is InChI=1S/C21H22N6/c1-2-9-17-16(8-1)26-18(27-17)13-25-20(21-23-11-12-24-21)15-7-3-5-14-6-4-10-22-19(14)15/h1-2,4,6,8-12,15,20,25H,3,5,7,13H2,(H,23,24)(H,26,27). The summed E-state index contributed by atoms with van der Waals surface area (Å²) < 4.78 is 0. The lowest BCUT2D eigenvalue weighted by molar-refractivity contribution is 0.377. The molecule has 3 aromatic heterocycles. The molecule has 0 amide bonds. The number of hydrogen-bond acceptors (Lipinski definition) is 4. The van der Waals surface area contributed by atoms with E-state index in [2.05, 4.69) is 32.4 Å². The molecule has 1 aliphatic rings. The van der Waals surface area contributed by atoms with Crippen molar-refractivity contribution in [1.29, 1.82) is 0 Å². The second-order valence-corrected chi connectivity index (χ2v) is 7.08. The van der Waals surface area contributed by atoms with Gasteiger partial charge in [0.2, 0.25) is 0 Å². The van der Waals surface area contributed by atoms with Crippen molar-refractivity contribution < 1.29 is 0 Å². The summed E-state index contributed by atoms with van der Waals surface area (Å²) >= 11 is 0. The Labute approximate surface area is 157 Å². The molecule has 0 radical (unpaired) electrons. The monoisotopic (exact) mass is 358 g/mol. The van der Waals surface area contributed by atoms with Crippen LogP contribution in [0.1, 0.15) is 47.7 Å². The number of pyridine rings is 1. The van der Waals surface area contributed by atoms with Crippen LogP contribution in [0.3, 0.4) is 0 Å². The average Bonchev–Trinajstić information content (AvgIpc) is 3.38. The maximum atomic E-state index is 4.72. The van der Waals surface area contributed by atoms with Crippen molar-refractivity contribution in [3.8, 4) is 0 Å². The normalized spacial score (nSPS) is 17.7. The maximum absolute atomic E-state index is 4.72. The minimum atomic E-state index is 0.0714. The topological polar surface area (TPSA) is 82.3 Å². The smallest absolute Gasteiger partial charge is 0.123 e. The number of aromatic nitrogens is 5. The zero-order valence-electron chi connectivity index (χ0n) is 15.0. The maximum Gasteiger partial charge on any atom is 0.123 e. The fourth-order valence-corrected chi connectivity index (χ4v) is 4.14. The summed E-state index contributed by atoms with van der Waals surface area (Å²) in [7, 11) is 0. The molecule has 3 heterocycles. The minimum absolute atomic E-state index is 0.0714. The lowest BCUT2D eigenvalue weighted by Crippen LogP contribution is -2.31. The Morgan fingerprint density at radius 3 is 2.96 bits per heavy atom. The fourth-order valence-electron chi connectivity index (χ4n) is 4.14. The summed E-state index contributed by atoms with van der Waals surface area (Å²) in [5.74, 6) is 2.19. The van der Waals surface area contributed by atoms with Gasteiger partial charge in [0, 0.05) is 30.2 Å². The average molecular weight is 358 g/mol. The Kier molecular flexibility index (Phi) is 4.18. The second kappa shape index (κ2) is 6.96. The molecule has 2 atom stereocenters. The van der Waals surface area contributed by atoms with Crippen LogP contribution in [0.15, 0.2) is 55.0 Å². The zero-order chi connectivity index (χ0) is 18.1. The Morgan fingerprint density at radius 1 is 1.11 bits per heavy atom. The van der Waals surface area contributed by atoms with E-state index in [1.54, 1.807) is 0 Å². The molecule has 0 aliphatic heterocycles. The van der Waals surface area contributed by atoms with Crippen LogP contribution in [0.25, 0.3) is 11.0 Å². The zero-order valence-corrected chi connectivity index (χ0v) is 15.0. The van der Waals surface area contributed by atoms with Gasteiger partial charge in [-0.1, -0.05) is 18.2 Å². The van der Waals surface area contributed by atoms with E-state index >= 15 is 0 Å². The van der Waals surface area contributed by atoms with Crippen LogP contribution in [0, 0.1) is 0 Å². The van der Waals surface area contributed by atoms with Crippen LogP contribution in [-0.4, -0.2) is 24.9 Å². The van der Waals surface area contributed by atoms with Crippen LogP contribution >= 0.6 is 0 Å². The van der Waals surface area contributed by atoms with Crippen molar-refractivity contribution >= 4 is 11.0 Å². The summed E-state index contributed by atoms with van der Waals surface area (Å²) in [6.07, 6.45) is 8.97. The highest BCUT2D eigenvalue weighted by Crippen LogP contribution is 2.38. The van der Waals surface area contributed by atoms with Gasteiger partial charge in [-0.15, -0.1) is 0 Å². The number of benzene rings is 1. The molecule has 6 nitrogen and oxygen atoms in total. The van der Waals surface area contributed by atoms with Crippen LogP contribution < -0.4 is 5.32 Å². The molecule has 3 N–H and O–H groups in total. The predicted octanol–water partition coefficient (Wildman–Crippen LogP) is 3.63. The van der Waals surface area contributed by atoms with Crippen molar-refractivity contribution in [2.75, 3.05) is 0 Å². The first-order valence-corrected chi connectivity index (χ1v) is 9.48. The predicted molar refractivity (Wildman–Crippen MR) is 104 cm³/mol. The van der Waals surface area contributed by atoms with E-state index in [4.69, 9.17) is 9.97 Å². The number of aryl methyl sites for hydroxylation is 1. The van der Waals surface area contributed by atoms with Gasteiger partial charge in [-0.05, 0) is 43.0 Å². The third-order valence-electron chi connectivity index (χ3n) is 5.38. The highest BCUT2D eigenvalue weighted by molar-refractivity contribution is 5.74. The Balaban J connectivity index is 1.44. The van der Waals surface area contributed by atoms with Crippen molar-refractivity contribution in [3.05, 3.63) is 77.9 Å². The summed E-state index contributed by atoms with van der Waals surface area (Å²) in [4.78, 5) is 20.6. The minimum Gasteiger partial charge on any atom is -0.347 e. The molecule has 6 heteroatoms. The molecule has 0 fully saturated rings. The lowest BCUT2D eigenvalue weighted by Gasteiger charge is -2.31. The highest BCUT2D eigenvalue weighted by Gasteiger charge is 2.31. The second-order valence-electron chi connectivity index (χ2n) is 7.08. The molecule has 1 aromatic carbocycles. The Morgan fingerprint density at radius 2 is 2.07 bits per heavy atom. The number of hydrogen-bond donors (Lipinski definition) is 3. The van der Waals surface area contributed by atoms with Crippen molar-refractivity contribution in [3.63, 3.8) is 0 Å². The summed E-state index contributed by atoms with van der Waals surface area (Å²) in [5.41, 5.74) is 4.61. The van der Waals surface area contributed by atoms with Gasteiger partial charge in [0.05, 0.1) is 23.6 Å². The molecular weight excluding hydrogens is 336 g/mol. The molecule has 0 spiro atoms. The van der Waals surface area contributed by atoms with Gasteiger partial charge < -0.3 is 9.97 Å². The fraction of sp³-hybridized carbons (Fsp3) is 0.286. The van der Waals surface area contributed by atoms with E-state index < -0.39 is 0 Å². The number of nitrogens with one attached hydrogen (secondary N) is 3. The Hall–Kier alpha value is -2.99. The highest BCUT2D eigenvalue weighted by atomic mass is 15.1. The van der Waals surface area contributed by atoms with Gasteiger partial charge in [0.1, 0.15) is 11.6 Å². The largest absolute Gasteiger partial charge is 0.347 e. The van der Waals surface area contributed by atoms with E-state index in [1.807, 2.05) is 42.9 Å². The van der Waals surface area contributed by atoms with E-state index in [0.29, 0.717) is 12.5 Å². The number of H-pyrrole nitrogens is 2. The van der Waals surface area contributed by atoms with Gasteiger partial charge in [0.15, 0.2) is 0 Å². The van der Waals surface area contributed by atoms with Gasteiger partial charge in [-0.2, -0.15) is 0 Å². The first kappa shape index (κ1) is 16.2. The Bertz CT molecular complexity index is 1000. The van der Waals surface area contributed by atoms with Crippen molar-refractivity contribution in [1.82, 2.24) is 30.2 Å². The first-order chi connectivity index (χ1) is 13.4. The van der Waals surface area contributed by atoms with Crippen molar-refractivity contribution in [2.24, 2.45) is 0 Å². The number of nitrogens with zero attached hydrogens (tertiary/aromatic N) is 3.